The molecule has 3 rings (SSSR count). The lowest BCUT2D eigenvalue weighted by molar-refractivity contribution is 0.0697. The maximum atomic E-state index is 10.9. The molecule has 3 heteroatoms. The summed E-state index contributed by atoms with van der Waals surface area (Å²) >= 11 is 0. The second kappa shape index (κ2) is 7.47. The average Bonchev–Trinajstić information content (AvgIpc) is 2.62. The van der Waals surface area contributed by atoms with Crippen LogP contribution in [0.2, 0.25) is 0 Å². The zero-order chi connectivity index (χ0) is 16.8. The number of aromatic carboxylic acids is 1. The van der Waals surface area contributed by atoms with Gasteiger partial charge in [0.1, 0.15) is 11.5 Å². The van der Waals surface area contributed by atoms with Crippen molar-refractivity contribution < 1.29 is 14.6 Å². The molecule has 0 fully saturated rings. The van der Waals surface area contributed by atoms with Crippen LogP contribution in [0.3, 0.4) is 0 Å². The lowest BCUT2D eigenvalue weighted by Crippen LogP contribution is -1.98. The summed E-state index contributed by atoms with van der Waals surface area (Å²) in [5.41, 5.74) is 2.55. The van der Waals surface area contributed by atoms with Crippen LogP contribution in [-0.4, -0.2) is 11.1 Å². The number of para-hydroxylation sites is 2. The van der Waals surface area contributed by atoms with Gasteiger partial charge in [0.2, 0.25) is 0 Å². The van der Waals surface area contributed by atoms with Crippen molar-refractivity contribution in [1.82, 2.24) is 0 Å². The Bertz CT molecular complexity index is 808. The molecule has 0 bridgehead atoms. The first-order chi connectivity index (χ1) is 11.7. The van der Waals surface area contributed by atoms with E-state index in [4.69, 9.17) is 9.84 Å². The molecule has 0 spiro atoms. The number of carboxylic acid groups (broad SMARTS) is 1. The van der Waals surface area contributed by atoms with E-state index >= 15 is 0 Å². The Morgan fingerprint density at radius 3 is 2.17 bits per heavy atom. The third-order valence-corrected chi connectivity index (χ3v) is 3.83. The molecule has 0 aliphatic carbocycles. The van der Waals surface area contributed by atoms with Gasteiger partial charge in [-0.3, -0.25) is 0 Å². The number of carbonyl (C=O) groups is 1. The van der Waals surface area contributed by atoms with Crippen LogP contribution in [0.15, 0.2) is 78.9 Å². The van der Waals surface area contributed by atoms with Crippen LogP contribution in [-0.2, 0) is 12.8 Å². The van der Waals surface area contributed by atoms with E-state index in [1.807, 2.05) is 60.7 Å². The van der Waals surface area contributed by atoms with Gasteiger partial charge in [0.25, 0.3) is 0 Å². The van der Waals surface area contributed by atoms with E-state index in [9.17, 15) is 4.79 Å². The Morgan fingerprint density at radius 1 is 0.792 bits per heavy atom. The zero-order valence-electron chi connectivity index (χ0n) is 13.2. The van der Waals surface area contributed by atoms with Gasteiger partial charge in [-0.05, 0) is 54.3 Å². The fourth-order valence-electron chi connectivity index (χ4n) is 2.52. The van der Waals surface area contributed by atoms with Crippen LogP contribution in [0, 0.1) is 0 Å². The summed E-state index contributed by atoms with van der Waals surface area (Å²) in [7, 11) is 0. The summed E-state index contributed by atoms with van der Waals surface area (Å²) in [4.78, 5) is 10.9. The number of rotatable bonds is 6. The van der Waals surface area contributed by atoms with Gasteiger partial charge in [0.05, 0.1) is 5.56 Å². The Labute approximate surface area is 141 Å². The lowest BCUT2D eigenvalue weighted by Gasteiger charge is -2.11. The highest BCUT2D eigenvalue weighted by atomic mass is 16.5. The second-order valence-corrected chi connectivity index (χ2v) is 5.52. The molecule has 0 saturated carbocycles. The molecule has 120 valence electrons. The van der Waals surface area contributed by atoms with Gasteiger partial charge in [-0.2, -0.15) is 0 Å². The SMILES string of the molecule is O=C(O)c1ccc(CCc2ccccc2Oc2ccccc2)cc1. The highest BCUT2D eigenvalue weighted by Gasteiger charge is 2.06. The molecule has 0 atom stereocenters. The largest absolute Gasteiger partial charge is 0.478 e. The summed E-state index contributed by atoms with van der Waals surface area (Å²) in [5.74, 6) is 0.768. The standard InChI is InChI=1S/C21H18O3/c22-21(23)18-14-11-16(12-15-18)10-13-17-6-4-5-9-20(17)24-19-7-2-1-3-8-19/h1-9,11-12,14-15H,10,13H2,(H,22,23). The molecule has 0 amide bonds. The van der Waals surface area contributed by atoms with E-state index in [0.717, 1.165) is 35.5 Å². The number of carboxylic acids is 1. The van der Waals surface area contributed by atoms with E-state index in [2.05, 4.69) is 6.07 Å². The third-order valence-electron chi connectivity index (χ3n) is 3.83. The van der Waals surface area contributed by atoms with Crippen LogP contribution >= 0.6 is 0 Å². The van der Waals surface area contributed by atoms with Crippen molar-refractivity contribution in [2.24, 2.45) is 0 Å². The Morgan fingerprint density at radius 2 is 1.46 bits per heavy atom. The zero-order valence-corrected chi connectivity index (χ0v) is 13.2. The minimum atomic E-state index is -0.900. The van der Waals surface area contributed by atoms with Crippen LogP contribution in [0.4, 0.5) is 0 Å². The second-order valence-electron chi connectivity index (χ2n) is 5.52. The summed E-state index contributed by atoms with van der Waals surface area (Å²) in [6, 6.07) is 24.7. The van der Waals surface area contributed by atoms with Gasteiger partial charge in [0, 0.05) is 0 Å². The monoisotopic (exact) mass is 318 g/mol. The molecule has 0 radical (unpaired) electrons. The summed E-state index contributed by atoms with van der Waals surface area (Å²) in [5, 5.41) is 8.94. The van der Waals surface area contributed by atoms with Crippen molar-refractivity contribution in [2.75, 3.05) is 0 Å². The van der Waals surface area contributed by atoms with Gasteiger partial charge in [-0.15, -0.1) is 0 Å². The quantitative estimate of drug-likeness (QED) is 0.698. The van der Waals surface area contributed by atoms with E-state index in [-0.39, 0.29) is 0 Å². The molecule has 0 aromatic heterocycles. The smallest absolute Gasteiger partial charge is 0.335 e. The number of benzene rings is 3. The average molecular weight is 318 g/mol. The van der Waals surface area contributed by atoms with Gasteiger partial charge in [0.15, 0.2) is 0 Å². The fourth-order valence-corrected chi connectivity index (χ4v) is 2.52. The highest BCUT2D eigenvalue weighted by molar-refractivity contribution is 5.87. The van der Waals surface area contributed by atoms with E-state index in [0.29, 0.717) is 5.56 Å². The molecule has 0 aliphatic heterocycles. The van der Waals surface area contributed by atoms with Crippen molar-refractivity contribution in [1.29, 1.82) is 0 Å². The van der Waals surface area contributed by atoms with Crippen molar-refractivity contribution in [3.05, 3.63) is 95.6 Å². The van der Waals surface area contributed by atoms with Gasteiger partial charge in [-0.25, -0.2) is 4.79 Å². The fraction of sp³-hybridized carbons (Fsp3) is 0.0952. The first-order valence-electron chi connectivity index (χ1n) is 7.85. The molecule has 0 aliphatic rings. The predicted octanol–water partition coefficient (Wildman–Crippen LogP) is 4.96. The minimum absolute atomic E-state index is 0.312. The lowest BCUT2D eigenvalue weighted by atomic mass is 10.0. The maximum Gasteiger partial charge on any atom is 0.335 e. The summed E-state index contributed by atoms with van der Waals surface area (Å²) in [6.45, 7) is 0. The number of hydrogen-bond donors (Lipinski definition) is 1. The van der Waals surface area contributed by atoms with Gasteiger partial charge < -0.3 is 9.84 Å². The Hall–Kier alpha value is -3.07. The van der Waals surface area contributed by atoms with Crippen molar-refractivity contribution in [2.45, 2.75) is 12.8 Å². The molecule has 0 saturated heterocycles. The molecule has 0 unspecified atom stereocenters. The molecule has 3 nitrogen and oxygen atoms in total. The summed E-state index contributed by atoms with van der Waals surface area (Å²) in [6.07, 6.45) is 1.66. The number of aryl methyl sites for hydroxylation is 2. The topological polar surface area (TPSA) is 46.5 Å². The minimum Gasteiger partial charge on any atom is -0.478 e. The summed E-state index contributed by atoms with van der Waals surface area (Å²) < 4.78 is 5.97. The van der Waals surface area contributed by atoms with E-state index < -0.39 is 5.97 Å². The normalized spacial score (nSPS) is 10.3. The van der Waals surface area contributed by atoms with E-state index in [1.54, 1.807) is 12.1 Å². The molecular formula is C21H18O3. The third kappa shape index (κ3) is 4.02. The van der Waals surface area contributed by atoms with Gasteiger partial charge >= 0.3 is 5.97 Å². The molecular weight excluding hydrogens is 300 g/mol. The van der Waals surface area contributed by atoms with Crippen LogP contribution in [0.1, 0.15) is 21.5 Å². The Balaban J connectivity index is 1.70. The first-order valence-corrected chi connectivity index (χ1v) is 7.85. The number of ether oxygens (including phenoxy) is 1. The first kappa shape index (κ1) is 15.8. The molecule has 0 heterocycles. The molecule has 3 aromatic rings. The van der Waals surface area contributed by atoms with Crippen LogP contribution in [0.5, 0.6) is 11.5 Å². The Kier molecular flexibility index (Phi) is 4.92. The van der Waals surface area contributed by atoms with Crippen molar-refractivity contribution in [3.8, 4) is 11.5 Å². The highest BCUT2D eigenvalue weighted by Crippen LogP contribution is 2.26. The predicted molar refractivity (Wildman–Crippen MR) is 93.8 cm³/mol. The van der Waals surface area contributed by atoms with Crippen molar-refractivity contribution in [3.63, 3.8) is 0 Å². The van der Waals surface area contributed by atoms with E-state index in [1.165, 1.54) is 0 Å². The van der Waals surface area contributed by atoms with Crippen molar-refractivity contribution >= 4 is 5.97 Å². The molecule has 3 aromatic carbocycles. The van der Waals surface area contributed by atoms with Crippen LogP contribution < -0.4 is 4.74 Å². The maximum absolute atomic E-state index is 10.9. The molecule has 24 heavy (non-hydrogen) atoms. The molecule has 1 N–H and O–H groups in total. The van der Waals surface area contributed by atoms with Gasteiger partial charge in [-0.1, -0.05) is 48.5 Å². The number of hydrogen-bond acceptors (Lipinski definition) is 2. The van der Waals surface area contributed by atoms with Crippen LogP contribution in [0.25, 0.3) is 0 Å².